The van der Waals surface area contributed by atoms with Crippen LogP contribution in [0.5, 0.6) is 5.75 Å². The molecule has 0 spiro atoms. The third-order valence-electron chi connectivity index (χ3n) is 3.20. The van der Waals surface area contributed by atoms with Crippen LogP contribution < -0.4 is 4.72 Å². The highest BCUT2D eigenvalue weighted by Crippen LogP contribution is 2.25. The molecule has 146 valence electrons. The quantitative estimate of drug-likeness (QED) is 0.395. The average Bonchev–Trinajstić information content (AvgIpc) is 2.60. The van der Waals surface area contributed by atoms with Crippen LogP contribution in [0.3, 0.4) is 0 Å². The number of carboxylic acid groups (broad SMARTS) is 2. The number of phenols is 1. The second kappa shape index (κ2) is 8.26. The molecule has 0 aromatic heterocycles. The van der Waals surface area contributed by atoms with Crippen LogP contribution in [-0.2, 0) is 19.6 Å². The summed E-state index contributed by atoms with van der Waals surface area (Å²) in [7, 11) is -4.24. The van der Waals surface area contributed by atoms with E-state index in [0.29, 0.717) is 0 Å². The molecule has 0 heterocycles. The van der Waals surface area contributed by atoms with Crippen molar-refractivity contribution in [3.63, 3.8) is 0 Å². The number of azo groups is 1. The van der Waals surface area contributed by atoms with E-state index < -0.39 is 40.0 Å². The molecule has 0 saturated carbocycles. The molecule has 0 aliphatic heterocycles. The van der Waals surface area contributed by atoms with E-state index in [4.69, 9.17) is 10.2 Å². The summed E-state index contributed by atoms with van der Waals surface area (Å²) < 4.78 is 25.6. The highest BCUT2D eigenvalue weighted by molar-refractivity contribution is 7.90. The Morgan fingerprint density at radius 2 is 1.50 bits per heavy atom. The number of aromatic hydroxyl groups is 1. The number of carboxylic acids is 2. The predicted molar refractivity (Wildman–Crippen MR) is 93.3 cm³/mol. The maximum Gasteiger partial charge on any atom is 0.339 e. The van der Waals surface area contributed by atoms with E-state index in [1.807, 2.05) is 0 Å². The smallest absolute Gasteiger partial charge is 0.339 e. The first-order valence-electron chi connectivity index (χ1n) is 7.44. The molecular formula is C16H13N3O8S. The fourth-order valence-electron chi connectivity index (χ4n) is 1.95. The van der Waals surface area contributed by atoms with Crippen LogP contribution in [-0.4, -0.2) is 41.6 Å². The van der Waals surface area contributed by atoms with Gasteiger partial charge in [0.2, 0.25) is 5.91 Å². The second-order valence-corrected chi connectivity index (χ2v) is 6.98. The Kier molecular flexibility index (Phi) is 6.05. The lowest BCUT2D eigenvalue weighted by Gasteiger charge is -2.05. The van der Waals surface area contributed by atoms with E-state index in [9.17, 15) is 27.9 Å². The van der Waals surface area contributed by atoms with Crippen molar-refractivity contribution in [2.24, 2.45) is 10.2 Å². The number of hydrogen-bond acceptors (Lipinski definition) is 8. The van der Waals surface area contributed by atoms with Gasteiger partial charge in [0.15, 0.2) is 0 Å². The highest BCUT2D eigenvalue weighted by atomic mass is 32.2. The molecule has 0 unspecified atom stereocenters. The Balaban J connectivity index is 2.15. The number of sulfonamides is 1. The standard InChI is InChI=1S/C16H13N3O8S/c20-13-6-3-10(7-12(13)16(24)25)18-17-9-1-4-11(5-2-9)28(26,27)19-14(21)8-15(22)23/h1-7,20H,8H2,(H,19,21)(H,22,23)(H,24,25)/b18-17+. The van der Waals surface area contributed by atoms with Crippen molar-refractivity contribution in [2.75, 3.05) is 0 Å². The maximum atomic E-state index is 12.0. The van der Waals surface area contributed by atoms with Crippen molar-refractivity contribution in [2.45, 2.75) is 11.3 Å². The molecule has 11 nitrogen and oxygen atoms in total. The van der Waals surface area contributed by atoms with Crippen molar-refractivity contribution in [1.82, 2.24) is 4.72 Å². The number of aliphatic carboxylic acids is 1. The molecule has 4 N–H and O–H groups in total. The first-order chi connectivity index (χ1) is 13.1. The van der Waals surface area contributed by atoms with Gasteiger partial charge in [0.1, 0.15) is 17.7 Å². The largest absolute Gasteiger partial charge is 0.507 e. The zero-order valence-corrected chi connectivity index (χ0v) is 14.8. The number of benzene rings is 2. The van der Waals surface area contributed by atoms with Gasteiger partial charge in [-0.15, -0.1) is 0 Å². The van der Waals surface area contributed by atoms with Crippen molar-refractivity contribution in [3.8, 4) is 5.75 Å². The molecule has 0 aliphatic carbocycles. The van der Waals surface area contributed by atoms with Crippen LogP contribution in [0.25, 0.3) is 0 Å². The summed E-state index contributed by atoms with van der Waals surface area (Å²) in [6, 6.07) is 8.40. The van der Waals surface area contributed by atoms with Gasteiger partial charge >= 0.3 is 11.9 Å². The summed E-state index contributed by atoms with van der Waals surface area (Å²) >= 11 is 0. The van der Waals surface area contributed by atoms with Gasteiger partial charge in [0, 0.05) is 0 Å². The van der Waals surface area contributed by atoms with Gasteiger partial charge in [-0.3, -0.25) is 9.59 Å². The van der Waals surface area contributed by atoms with Gasteiger partial charge in [-0.2, -0.15) is 10.2 Å². The summed E-state index contributed by atoms with van der Waals surface area (Å²) in [6.45, 7) is 0. The van der Waals surface area contributed by atoms with Crippen LogP contribution in [0.15, 0.2) is 57.6 Å². The topological polar surface area (TPSA) is 183 Å². The zero-order chi connectivity index (χ0) is 20.9. The Bertz CT molecular complexity index is 1060. The van der Waals surface area contributed by atoms with Crippen LogP contribution in [0.2, 0.25) is 0 Å². The summed E-state index contributed by atoms with van der Waals surface area (Å²) in [4.78, 5) is 32.4. The number of amides is 1. The predicted octanol–water partition coefficient (Wildman–Crippen LogP) is 1.79. The number of carbonyl (C=O) groups is 3. The van der Waals surface area contributed by atoms with Gasteiger partial charge in [-0.25, -0.2) is 17.9 Å². The lowest BCUT2D eigenvalue weighted by atomic mass is 10.2. The molecular weight excluding hydrogens is 394 g/mol. The Hall–Kier alpha value is -3.80. The molecule has 2 aromatic rings. The molecule has 2 aromatic carbocycles. The molecule has 0 aliphatic rings. The van der Waals surface area contributed by atoms with E-state index in [1.54, 1.807) is 4.72 Å². The first-order valence-corrected chi connectivity index (χ1v) is 8.92. The minimum Gasteiger partial charge on any atom is -0.507 e. The van der Waals surface area contributed by atoms with E-state index in [-0.39, 0.29) is 21.8 Å². The van der Waals surface area contributed by atoms with Crippen molar-refractivity contribution in [3.05, 3.63) is 48.0 Å². The van der Waals surface area contributed by atoms with E-state index in [1.165, 1.54) is 18.2 Å². The Morgan fingerprint density at radius 1 is 0.929 bits per heavy atom. The van der Waals surface area contributed by atoms with Gasteiger partial charge in [-0.05, 0) is 42.5 Å². The van der Waals surface area contributed by atoms with Crippen LogP contribution in [0.1, 0.15) is 16.8 Å². The number of nitrogens with zero attached hydrogens (tertiary/aromatic N) is 2. The SMILES string of the molecule is O=C(O)CC(=O)NS(=O)(=O)c1ccc(/N=N/c2ccc(O)c(C(=O)O)c2)cc1. The van der Waals surface area contributed by atoms with Gasteiger partial charge in [0.05, 0.1) is 16.3 Å². The highest BCUT2D eigenvalue weighted by Gasteiger charge is 2.19. The van der Waals surface area contributed by atoms with Crippen molar-refractivity contribution in [1.29, 1.82) is 0 Å². The summed E-state index contributed by atoms with van der Waals surface area (Å²) in [5.74, 6) is -4.42. The third-order valence-corrected chi connectivity index (χ3v) is 4.59. The van der Waals surface area contributed by atoms with Crippen LogP contribution in [0.4, 0.5) is 11.4 Å². The third kappa shape index (κ3) is 5.35. The van der Waals surface area contributed by atoms with Gasteiger partial charge in [0.25, 0.3) is 10.0 Å². The summed E-state index contributed by atoms with van der Waals surface area (Å²) in [6.07, 6.45) is -0.990. The number of carbonyl (C=O) groups excluding carboxylic acids is 1. The zero-order valence-electron chi connectivity index (χ0n) is 13.9. The normalized spacial score (nSPS) is 11.3. The number of aromatic carboxylic acids is 1. The molecule has 0 radical (unpaired) electrons. The number of hydrogen-bond donors (Lipinski definition) is 4. The van der Waals surface area contributed by atoms with E-state index in [0.717, 1.165) is 24.3 Å². The first kappa shape index (κ1) is 20.5. The lowest BCUT2D eigenvalue weighted by molar-refractivity contribution is -0.140. The Morgan fingerprint density at radius 3 is 2.07 bits per heavy atom. The molecule has 0 bridgehead atoms. The maximum absolute atomic E-state index is 12.0. The average molecular weight is 407 g/mol. The molecule has 0 atom stereocenters. The van der Waals surface area contributed by atoms with Gasteiger partial charge in [-0.1, -0.05) is 0 Å². The number of nitrogens with one attached hydrogen (secondary N) is 1. The minimum absolute atomic E-state index is 0.146. The van der Waals surface area contributed by atoms with E-state index >= 15 is 0 Å². The molecule has 28 heavy (non-hydrogen) atoms. The molecule has 0 saturated heterocycles. The summed E-state index contributed by atoms with van der Waals surface area (Å²) in [5, 5.41) is 34.5. The second-order valence-electron chi connectivity index (χ2n) is 5.30. The molecule has 2 rings (SSSR count). The van der Waals surface area contributed by atoms with Crippen molar-refractivity contribution < 1.29 is 38.1 Å². The van der Waals surface area contributed by atoms with E-state index in [2.05, 4.69) is 10.2 Å². The molecule has 1 amide bonds. The molecule has 12 heteroatoms. The Labute approximate surface area is 158 Å². The number of rotatable bonds is 7. The lowest BCUT2D eigenvalue weighted by Crippen LogP contribution is -2.31. The fraction of sp³-hybridized carbons (Fsp3) is 0.0625. The minimum atomic E-state index is -4.24. The van der Waals surface area contributed by atoms with Crippen molar-refractivity contribution >= 4 is 39.2 Å². The fourth-order valence-corrected chi connectivity index (χ4v) is 2.93. The van der Waals surface area contributed by atoms with Crippen LogP contribution in [0, 0.1) is 0 Å². The summed E-state index contributed by atoms with van der Waals surface area (Å²) in [5.41, 5.74) is 0.0172. The monoisotopic (exact) mass is 407 g/mol. The van der Waals surface area contributed by atoms with Crippen LogP contribution >= 0.6 is 0 Å². The molecule has 0 fully saturated rings. The van der Waals surface area contributed by atoms with Gasteiger partial charge < -0.3 is 15.3 Å².